The Kier molecular flexibility index (Phi) is 4.64. The van der Waals surface area contributed by atoms with E-state index in [-0.39, 0.29) is 23.3 Å². The van der Waals surface area contributed by atoms with Crippen LogP contribution in [-0.4, -0.2) is 53.4 Å². The summed E-state index contributed by atoms with van der Waals surface area (Å²) in [6.07, 6.45) is 5.67. The highest BCUT2D eigenvalue weighted by Crippen LogP contribution is 2.61. The van der Waals surface area contributed by atoms with Crippen LogP contribution in [0.3, 0.4) is 0 Å². The molecule has 3 heterocycles. The highest BCUT2D eigenvalue weighted by atomic mass is 32.2. The molecular formula is C18H27N3O3S2. The Morgan fingerprint density at radius 1 is 1.27 bits per heavy atom. The lowest BCUT2D eigenvalue weighted by molar-refractivity contribution is -0.180. The molecule has 1 aliphatic carbocycles. The third kappa shape index (κ3) is 2.64. The zero-order valence-corrected chi connectivity index (χ0v) is 17.1. The highest BCUT2D eigenvalue weighted by molar-refractivity contribution is 7.89. The van der Waals surface area contributed by atoms with Crippen molar-refractivity contribution in [3.05, 3.63) is 16.1 Å². The lowest BCUT2D eigenvalue weighted by Crippen LogP contribution is -2.66. The molecule has 2 aliphatic heterocycles. The normalized spacial score (nSPS) is 27.2. The minimum Gasteiger partial charge on any atom is -0.330 e. The molecule has 0 bridgehead atoms. The fraction of sp³-hybridized carbons (Fsp3) is 0.778. The third-order valence-corrected chi connectivity index (χ3v) is 9.43. The van der Waals surface area contributed by atoms with Crippen LogP contribution in [0.15, 0.2) is 5.51 Å². The number of aromatic nitrogens is 1. The summed E-state index contributed by atoms with van der Waals surface area (Å²) in [7, 11) is -3.14. The van der Waals surface area contributed by atoms with Gasteiger partial charge in [0.25, 0.3) is 0 Å². The van der Waals surface area contributed by atoms with E-state index in [1.807, 2.05) is 12.4 Å². The molecule has 1 amide bonds. The zero-order chi connectivity index (χ0) is 18.5. The molecule has 4 rings (SSSR count). The molecule has 6 nitrogen and oxygen atoms in total. The molecule has 26 heavy (non-hydrogen) atoms. The summed E-state index contributed by atoms with van der Waals surface area (Å²) in [5.41, 5.74) is 2.70. The van der Waals surface area contributed by atoms with Gasteiger partial charge < -0.3 is 4.90 Å². The number of hydrogen-bond acceptors (Lipinski definition) is 5. The molecule has 144 valence electrons. The quantitative estimate of drug-likeness (QED) is 0.733. The lowest BCUT2D eigenvalue weighted by Gasteiger charge is -2.58. The largest absolute Gasteiger partial charge is 0.330 e. The van der Waals surface area contributed by atoms with Crippen molar-refractivity contribution in [1.29, 1.82) is 0 Å². The van der Waals surface area contributed by atoms with Crippen LogP contribution in [0, 0.1) is 12.3 Å². The van der Waals surface area contributed by atoms with E-state index in [0.717, 1.165) is 44.2 Å². The van der Waals surface area contributed by atoms with Gasteiger partial charge >= 0.3 is 0 Å². The smallest absolute Gasteiger partial charge is 0.232 e. The maximum absolute atomic E-state index is 13.2. The number of piperidine rings is 1. The Hall–Kier alpha value is -0.990. The number of likely N-dealkylation sites (tertiary alicyclic amines) is 1. The van der Waals surface area contributed by atoms with Gasteiger partial charge in [-0.1, -0.05) is 12.8 Å². The molecule has 1 aromatic heterocycles. The minimum atomic E-state index is -3.14. The lowest BCUT2D eigenvalue weighted by atomic mass is 9.67. The number of β-lactam (4-membered cyclic amide) rings is 1. The molecule has 8 heteroatoms. The van der Waals surface area contributed by atoms with Crippen molar-refractivity contribution in [3.63, 3.8) is 0 Å². The van der Waals surface area contributed by atoms with Crippen molar-refractivity contribution in [3.8, 4) is 0 Å². The first kappa shape index (κ1) is 18.4. The number of thiazole rings is 1. The summed E-state index contributed by atoms with van der Waals surface area (Å²) >= 11 is 1.66. The standard InChI is InChI=1S/C18H27N3O3S2/c1-3-26(23,24)20-10-6-14(7-11-20)21-16(15-13(2)19-12-25-15)18(17(21)22)8-4-5-9-18/h12,14,16H,3-11H2,1-2H3. The second-order valence-electron chi connectivity index (χ2n) is 7.81. The Bertz CT molecular complexity index is 790. The van der Waals surface area contributed by atoms with Crippen molar-refractivity contribution in [2.24, 2.45) is 5.41 Å². The van der Waals surface area contributed by atoms with E-state index in [4.69, 9.17) is 0 Å². The number of carbonyl (C=O) groups excluding carboxylic acids is 1. The maximum atomic E-state index is 13.2. The van der Waals surface area contributed by atoms with Crippen LogP contribution < -0.4 is 0 Å². The van der Waals surface area contributed by atoms with Gasteiger partial charge in [0.05, 0.1) is 33.3 Å². The molecule has 1 unspecified atom stereocenters. The Morgan fingerprint density at radius 2 is 1.92 bits per heavy atom. The summed E-state index contributed by atoms with van der Waals surface area (Å²) in [5, 5.41) is 0. The molecule has 1 atom stereocenters. The number of sulfonamides is 1. The van der Waals surface area contributed by atoms with E-state index in [0.29, 0.717) is 19.0 Å². The van der Waals surface area contributed by atoms with Gasteiger partial charge in [-0.25, -0.2) is 17.7 Å². The predicted octanol–water partition coefficient (Wildman–Crippen LogP) is 2.71. The van der Waals surface area contributed by atoms with Crippen molar-refractivity contribution in [2.45, 2.75) is 64.5 Å². The van der Waals surface area contributed by atoms with Crippen LogP contribution in [0.5, 0.6) is 0 Å². The van der Waals surface area contributed by atoms with Crippen molar-refractivity contribution >= 4 is 27.3 Å². The van der Waals surface area contributed by atoms with Gasteiger partial charge in [0.15, 0.2) is 0 Å². The molecule has 3 aliphatic rings. The summed E-state index contributed by atoms with van der Waals surface area (Å²) in [5.74, 6) is 0.441. The highest BCUT2D eigenvalue weighted by Gasteiger charge is 2.64. The average molecular weight is 398 g/mol. The molecule has 1 saturated carbocycles. The van der Waals surface area contributed by atoms with Gasteiger partial charge in [-0.3, -0.25) is 4.79 Å². The zero-order valence-electron chi connectivity index (χ0n) is 15.5. The van der Waals surface area contributed by atoms with E-state index in [1.54, 1.807) is 22.6 Å². The molecule has 3 fully saturated rings. The average Bonchev–Trinajstić information content (AvgIpc) is 3.30. The van der Waals surface area contributed by atoms with Crippen LogP contribution >= 0.6 is 11.3 Å². The van der Waals surface area contributed by atoms with Crippen molar-refractivity contribution in [1.82, 2.24) is 14.2 Å². The van der Waals surface area contributed by atoms with Gasteiger partial charge in [-0.2, -0.15) is 0 Å². The topological polar surface area (TPSA) is 70.6 Å². The van der Waals surface area contributed by atoms with Crippen molar-refractivity contribution < 1.29 is 13.2 Å². The number of nitrogens with zero attached hydrogens (tertiary/aromatic N) is 3. The fourth-order valence-corrected chi connectivity index (χ4v) is 7.24. The molecule has 1 aromatic rings. The number of amides is 1. The molecule has 0 radical (unpaired) electrons. The summed E-state index contributed by atoms with van der Waals surface area (Å²) < 4.78 is 25.8. The first-order valence-electron chi connectivity index (χ1n) is 9.61. The van der Waals surface area contributed by atoms with E-state index in [9.17, 15) is 13.2 Å². The molecular weight excluding hydrogens is 370 g/mol. The molecule has 2 saturated heterocycles. The van der Waals surface area contributed by atoms with Gasteiger partial charge in [0, 0.05) is 19.1 Å². The van der Waals surface area contributed by atoms with Gasteiger partial charge in [-0.15, -0.1) is 11.3 Å². The monoisotopic (exact) mass is 397 g/mol. The summed E-state index contributed by atoms with van der Waals surface area (Å²) in [4.78, 5) is 21.0. The predicted molar refractivity (Wildman–Crippen MR) is 101 cm³/mol. The van der Waals surface area contributed by atoms with Crippen LogP contribution in [0.1, 0.15) is 62.1 Å². The van der Waals surface area contributed by atoms with Crippen molar-refractivity contribution in [2.75, 3.05) is 18.8 Å². The number of carbonyl (C=O) groups is 1. The van der Waals surface area contributed by atoms with E-state index in [1.165, 1.54) is 4.88 Å². The van der Waals surface area contributed by atoms with E-state index >= 15 is 0 Å². The first-order chi connectivity index (χ1) is 12.4. The summed E-state index contributed by atoms with van der Waals surface area (Å²) in [6.45, 7) is 4.76. The summed E-state index contributed by atoms with van der Waals surface area (Å²) in [6, 6.07) is 0.285. The van der Waals surface area contributed by atoms with E-state index in [2.05, 4.69) is 9.88 Å². The van der Waals surface area contributed by atoms with Crippen LogP contribution in [0.25, 0.3) is 0 Å². The Balaban J connectivity index is 1.57. The SMILES string of the molecule is CCS(=O)(=O)N1CCC(N2C(=O)C3(CCCC3)C2c2scnc2C)CC1. The number of hydrogen-bond donors (Lipinski definition) is 0. The molecule has 0 aromatic carbocycles. The van der Waals surface area contributed by atoms with E-state index < -0.39 is 10.0 Å². The van der Waals surface area contributed by atoms with Crippen LogP contribution in [-0.2, 0) is 14.8 Å². The molecule has 1 spiro atoms. The van der Waals surface area contributed by atoms with Gasteiger partial charge in [-0.05, 0) is 39.5 Å². The van der Waals surface area contributed by atoms with Crippen LogP contribution in [0.2, 0.25) is 0 Å². The third-order valence-electron chi connectivity index (χ3n) is 6.56. The Morgan fingerprint density at radius 3 is 2.46 bits per heavy atom. The van der Waals surface area contributed by atoms with Crippen LogP contribution in [0.4, 0.5) is 0 Å². The number of aryl methyl sites for hydroxylation is 1. The maximum Gasteiger partial charge on any atom is 0.232 e. The number of rotatable bonds is 4. The minimum absolute atomic E-state index is 0.142. The fourth-order valence-electron chi connectivity index (χ4n) is 5.09. The second kappa shape index (κ2) is 6.56. The Labute approximate surface area is 159 Å². The van der Waals surface area contributed by atoms with Gasteiger partial charge in [0.2, 0.25) is 15.9 Å². The second-order valence-corrected chi connectivity index (χ2v) is 11.0. The first-order valence-corrected chi connectivity index (χ1v) is 12.1. The van der Waals surface area contributed by atoms with Gasteiger partial charge in [0.1, 0.15) is 0 Å². The molecule has 0 N–H and O–H groups in total.